The van der Waals surface area contributed by atoms with Crippen LogP contribution in [0.2, 0.25) is 0 Å². The average molecular weight is 428 g/mol. The first-order valence-electron chi connectivity index (χ1n) is 10.6. The van der Waals surface area contributed by atoms with Gasteiger partial charge >= 0.3 is 12.1 Å². The Morgan fingerprint density at radius 3 is 2.22 bits per heavy atom. The van der Waals surface area contributed by atoms with Gasteiger partial charge in [0.1, 0.15) is 12.6 Å². The van der Waals surface area contributed by atoms with Crippen LogP contribution in [0.3, 0.4) is 0 Å². The maximum Gasteiger partial charge on any atom is 0.407 e. The summed E-state index contributed by atoms with van der Waals surface area (Å²) in [6.07, 6.45) is 1.93. The zero-order valence-electron chi connectivity index (χ0n) is 17.7. The number of carbonyl (C=O) groups excluding carboxylic acids is 1. The predicted octanol–water partition coefficient (Wildman–Crippen LogP) is 4.95. The lowest BCUT2D eigenvalue weighted by Crippen LogP contribution is -2.42. The van der Waals surface area contributed by atoms with E-state index < -0.39 is 18.1 Å². The number of hydrogen-bond donors (Lipinski definition) is 2. The topological polar surface area (TPSA) is 75.6 Å². The van der Waals surface area contributed by atoms with Crippen LogP contribution in [0.15, 0.2) is 85.5 Å². The molecule has 0 radical (unpaired) electrons. The highest BCUT2D eigenvalue weighted by Gasteiger charge is 2.29. The maximum absolute atomic E-state index is 12.5. The van der Waals surface area contributed by atoms with Crippen LogP contribution in [0, 0.1) is 0 Å². The highest BCUT2D eigenvalue weighted by atomic mass is 16.5. The first kappa shape index (κ1) is 21.4. The Morgan fingerprint density at radius 1 is 0.969 bits per heavy atom. The van der Waals surface area contributed by atoms with Gasteiger partial charge in [-0.05, 0) is 39.8 Å². The minimum absolute atomic E-state index is 0.0768. The van der Waals surface area contributed by atoms with Crippen molar-refractivity contribution in [1.29, 1.82) is 0 Å². The largest absolute Gasteiger partial charge is 0.480 e. The Bertz CT molecular complexity index is 1110. The minimum atomic E-state index is -1.10. The average Bonchev–Trinajstić information content (AvgIpc) is 3.11. The monoisotopic (exact) mass is 427 g/mol. The summed E-state index contributed by atoms with van der Waals surface area (Å²) in [5.74, 6) is -1.18. The molecular formula is C27H25NO4. The number of nitrogens with one attached hydrogen (secondary N) is 1. The van der Waals surface area contributed by atoms with Crippen LogP contribution in [-0.4, -0.2) is 29.8 Å². The van der Waals surface area contributed by atoms with Gasteiger partial charge in [-0.1, -0.05) is 78.9 Å². The smallest absolute Gasteiger partial charge is 0.407 e. The summed E-state index contributed by atoms with van der Waals surface area (Å²) in [6, 6.07) is 22.7. The molecule has 0 bridgehead atoms. The SMILES string of the molecule is C=CCc1cccc(CC(NC(=O)OCC2c3ccccc3-c3ccccc32)C(=O)O)c1. The van der Waals surface area contributed by atoms with Gasteiger partial charge < -0.3 is 15.2 Å². The Kier molecular flexibility index (Phi) is 6.36. The second-order valence-electron chi connectivity index (χ2n) is 7.88. The fourth-order valence-electron chi connectivity index (χ4n) is 4.27. The van der Waals surface area contributed by atoms with Crippen LogP contribution >= 0.6 is 0 Å². The maximum atomic E-state index is 12.5. The van der Waals surface area contributed by atoms with Gasteiger partial charge in [0.25, 0.3) is 0 Å². The third-order valence-electron chi connectivity index (χ3n) is 5.75. The van der Waals surface area contributed by atoms with Gasteiger partial charge in [-0.25, -0.2) is 9.59 Å². The van der Waals surface area contributed by atoms with Crippen molar-refractivity contribution in [1.82, 2.24) is 5.32 Å². The fraction of sp³-hybridized carbons (Fsp3) is 0.185. The third kappa shape index (κ3) is 4.57. The molecule has 5 nitrogen and oxygen atoms in total. The molecule has 0 saturated carbocycles. The number of allylic oxidation sites excluding steroid dienone is 1. The lowest BCUT2D eigenvalue weighted by atomic mass is 9.98. The number of carboxylic acid groups (broad SMARTS) is 1. The summed E-state index contributed by atoms with van der Waals surface area (Å²) in [4.78, 5) is 24.2. The molecule has 2 N–H and O–H groups in total. The van der Waals surface area contributed by atoms with E-state index in [0.717, 1.165) is 33.4 Å². The van der Waals surface area contributed by atoms with Crippen molar-refractivity contribution in [2.45, 2.75) is 24.8 Å². The zero-order chi connectivity index (χ0) is 22.5. The molecule has 1 amide bonds. The van der Waals surface area contributed by atoms with Crippen LogP contribution in [-0.2, 0) is 22.4 Å². The van der Waals surface area contributed by atoms with Gasteiger partial charge in [-0.3, -0.25) is 0 Å². The summed E-state index contributed by atoms with van der Waals surface area (Å²) in [5.41, 5.74) is 6.36. The summed E-state index contributed by atoms with van der Waals surface area (Å²) in [7, 11) is 0. The van der Waals surface area contributed by atoms with E-state index in [-0.39, 0.29) is 18.9 Å². The molecular weight excluding hydrogens is 402 g/mol. The number of ether oxygens (including phenoxy) is 1. The van der Waals surface area contributed by atoms with E-state index in [1.54, 1.807) is 6.08 Å². The third-order valence-corrected chi connectivity index (χ3v) is 5.75. The van der Waals surface area contributed by atoms with Gasteiger partial charge in [0.2, 0.25) is 0 Å². The van der Waals surface area contributed by atoms with Crippen molar-refractivity contribution in [3.05, 3.63) is 108 Å². The second kappa shape index (κ2) is 9.52. The molecule has 4 rings (SSSR count). The molecule has 0 aliphatic heterocycles. The molecule has 1 atom stereocenters. The number of aliphatic carboxylic acids is 1. The van der Waals surface area contributed by atoms with Crippen LogP contribution in [0.4, 0.5) is 4.79 Å². The Balaban J connectivity index is 1.42. The van der Waals surface area contributed by atoms with E-state index in [4.69, 9.17) is 4.74 Å². The lowest BCUT2D eigenvalue weighted by molar-refractivity contribution is -0.139. The number of carbonyl (C=O) groups is 2. The second-order valence-corrected chi connectivity index (χ2v) is 7.88. The van der Waals surface area contributed by atoms with Crippen molar-refractivity contribution < 1.29 is 19.4 Å². The molecule has 0 saturated heterocycles. The standard InChI is InChI=1S/C27H25NO4/c1-2-8-18-9-7-10-19(15-18)16-25(26(29)30)28-27(31)32-17-24-22-13-5-3-11-20(22)21-12-4-6-14-23(21)24/h2-7,9-15,24-25H,1,8,16-17H2,(H,28,31)(H,29,30). The van der Waals surface area contributed by atoms with Crippen molar-refractivity contribution in [2.24, 2.45) is 0 Å². The molecule has 3 aromatic carbocycles. The van der Waals surface area contributed by atoms with E-state index in [9.17, 15) is 14.7 Å². The van der Waals surface area contributed by atoms with Crippen molar-refractivity contribution in [3.63, 3.8) is 0 Å². The molecule has 32 heavy (non-hydrogen) atoms. The van der Waals surface area contributed by atoms with Gasteiger partial charge in [0.05, 0.1) is 0 Å². The number of rotatable bonds is 8. The predicted molar refractivity (Wildman–Crippen MR) is 124 cm³/mol. The highest BCUT2D eigenvalue weighted by Crippen LogP contribution is 2.44. The molecule has 5 heteroatoms. The molecule has 1 unspecified atom stereocenters. The molecule has 1 aliphatic carbocycles. The number of carboxylic acids is 1. The summed E-state index contributed by atoms with van der Waals surface area (Å²) >= 11 is 0. The molecule has 0 spiro atoms. The molecule has 0 fully saturated rings. The lowest BCUT2D eigenvalue weighted by Gasteiger charge is -2.18. The quantitative estimate of drug-likeness (QED) is 0.499. The molecule has 3 aromatic rings. The highest BCUT2D eigenvalue weighted by molar-refractivity contribution is 5.81. The number of benzene rings is 3. The van der Waals surface area contributed by atoms with Gasteiger partial charge in [0, 0.05) is 12.3 Å². The van der Waals surface area contributed by atoms with Gasteiger partial charge in [-0.15, -0.1) is 6.58 Å². The van der Waals surface area contributed by atoms with Gasteiger partial charge in [0.15, 0.2) is 0 Å². The van der Waals surface area contributed by atoms with Gasteiger partial charge in [-0.2, -0.15) is 0 Å². The molecule has 1 aliphatic rings. The van der Waals surface area contributed by atoms with E-state index in [0.29, 0.717) is 6.42 Å². The first-order valence-corrected chi connectivity index (χ1v) is 10.6. The number of alkyl carbamates (subject to hydrolysis) is 1. The Labute approximate surface area is 187 Å². The van der Waals surface area contributed by atoms with Crippen LogP contribution in [0.25, 0.3) is 11.1 Å². The fourth-order valence-corrected chi connectivity index (χ4v) is 4.27. The number of hydrogen-bond acceptors (Lipinski definition) is 3. The molecule has 162 valence electrons. The van der Waals surface area contributed by atoms with Crippen molar-refractivity contribution in [3.8, 4) is 11.1 Å². The Hall–Kier alpha value is -3.86. The summed E-state index contributed by atoms with van der Waals surface area (Å²) in [6.45, 7) is 3.87. The van der Waals surface area contributed by atoms with Crippen molar-refractivity contribution >= 4 is 12.1 Å². The van der Waals surface area contributed by atoms with Crippen molar-refractivity contribution in [2.75, 3.05) is 6.61 Å². The van der Waals surface area contributed by atoms with Crippen LogP contribution in [0.1, 0.15) is 28.2 Å². The van der Waals surface area contributed by atoms with Crippen LogP contribution in [0.5, 0.6) is 0 Å². The minimum Gasteiger partial charge on any atom is -0.480 e. The van der Waals surface area contributed by atoms with E-state index >= 15 is 0 Å². The molecule has 0 aromatic heterocycles. The summed E-state index contributed by atoms with van der Waals surface area (Å²) < 4.78 is 5.49. The number of amides is 1. The van der Waals surface area contributed by atoms with E-state index in [1.165, 1.54) is 0 Å². The summed E-state index contributed by atoms with van der Waals surface area (Å²) in [5, 5.41) is 12.1. The molecule has 0 heterocycles. The normalized spacial score (nSPS) is 13.0. The number of fused-ring (bicyclic) bond motifs is 3. The zero-order valence-corrected chi connectivity index (χ0v) is 17.7. The first-order chi connectivity index (χ1) is 15.6. The van der Waals surface area contributed by atoms with E-state index in [1.807, 2.05) is 60.7 Å². The Morgan fingerprint density at radius 2 is 1.59 bits per heavy atom. The van der Waals surface area contributed by atoms with Crippen LogP contribution < -0.4 is 5.32 Å². The van der Waals surface area contributed by atoms with E-state index in [2.05, 4.69) is 24.0 Å².